The van der Waals surface area contributed by atoms with Crippen LogP contribution in [0.4, 0.5) is 8.78 Å². The molecule has 0 aromatic heterocycles. The van der Waals surface area contributed by atoms with Crippen LogP contribution < -0.4 is 0 Å². The standard InChI is InChI=1S/C7H11F2NO2/c1-5(7(11)12)3-10(2)4-6(8)9/h6H,1,3-4H2,2H3,(H,11,12). The monoisotopic (exact) mass is 179 g/mol. The Hall–Kier alpha value is -0.970. The molecule has 0 aliphatic rings. The second-order valence-corrected chi connectivity index (χ2v) is 2.50. The lowest BCUT2D eigenvalue weighted by molar-refractivity contribution is -0.132. The molecule has 0 aromatic carbocycles. The van der Waals surface area contributed by atoms with E-state index >= 15 is 0 Å². The van der Waals surface area contributed by atoms with Gasteiger partial charge in [0.1, 0.15) is 0 Å². The van der Waals surface area contributed by atoms with E-state index in [1.54, 1.807) is 0 Å². The molecule has 0 aromatic rings. The quantitative estimate of drug-likeness (QED) is 0.635. The van der Waals surface area contributed by atoms with Gasteiger partial charge in [0.2, 0.25) is 0 Å². The Morgan fingerprint density at radius 3 is 2.50 bits per heavy atom. The van der Waals surface area contributed by atoms with Crippen LogP contribution in [0.5, 0.6) is 0 Å². The minimum absolute atomic E-state index is 0.0420. The maximum absolute atomic E-state index is 11.7. The molecule has 5 heteroatoms. The molecule has 0 bridgehead atoms. The number of carboxylic acid groups (broad SMARTS) is 1. The third-order valence-corrected chi connectivity index (χ3v) is 1.21. The van der Waals surface area contributed by atoms with Crippen molar-refractivity contribution < 1.29 is 18.7 Å². The van der Waals surface area contributed by atoms with Crippen molar-refractivity contribution in [1.29, 1.82) is 0 Å². The van der Waals surface area contributed by atoms with Gasteiger partial charge in [0.25, 0.3) is 6.43 Å². The molecule has 0 amide bonds. The third kappa shape index (κ3) is 4.79. The summed E-state index contributed by atoms with van der Waals surface area (Å²) in [5, 5.41) is 8.35. The summed E-state index contributed by atoms with van der Waals surface area (Å²) in [6, 6.07) is 0. The Bertz CT molecular complexity index is 182. The summed E-state index contributed by atoms with van der Waals surface area (Å²) in [6.45, 7) is 2.74. The summed E-state index contributed by atoms with van der Waals surface area (Å²) in [7, 11) is 1.42. The third-order valence-electron chi connectivity index (χ3n) is 1.21. The van der Waals surface area contributed by atoms with E-state index in [0.717, 1.165) is 0 Å². The van der Waals surface area contributed by atoms with Crippen molar-refractivity contribution in [3.05, 3.63) is 12.2 Å². The van der Waals surface area contributed by atoms with Gasteiger partial charge in [-0.2, -0.15) is 0 Å². The fraction of sp³-hybridized carbons (Fsp3) is 0.571. The van der Waals surface area contributed by atoms with Gasteiger partial charge >= 0.3 is 5.97 Å². The van der Waals surface area contributed by atoms with Crippen LogP contribution in [0.25, 0.3) is 0 Å². The molecule has 0 rings (SSSR count). The van der Waals surface area contributed by atoms with Gasteiger partial charge in [-0.05, 0) is 7.05 Å². The van der Waals surface area contributed by atoms with Crippen molar-refractivity contribution in [2.45, 2.75) is 6.43 Å². The highest BCUT2D eigenvalue weighted by atomic mass is 19.3. The first-order valence-electron chi connectivity index (χ1n) is 3.31. The zero-order valence-electron chi connectivity index (χ0n) is 6.76. The van der Waals surface area contributed by atoms with E-state index < -0.39 is 18.9 Å². The summed E-state index contributed by atoms with van der Waals surface area (Å²) in [5.41, 5.74) is -0.0850. The van der Waals surface area contributed by atoms with Gasteiger partial charge in [-0.15, -0.1) is 0 Å². The topological polar surface area (TPSA) is 40.5 Å². The number of hydrogen-bond acceptors (Lipinski definition) is 2. The van der Waals surface area contributed by atoms with Gasteiger partial charge in [-0.25, -0.2) is 13.6 Å². The van der Waals surface area contributed by atoms with Crippen LogP contribution >= 0.6 is 0 Å². The van der Waals surface area contributed by atoms with Crippen LogP contribution in [0.3, 0.4) is 0 Å². The van der Waals surface area contributed by atoms with Gasteiger partial charge in [-0.1, -0.05) is 6.58 Å². The molecule has 1 N–H and O–H groups in total. The van der Waals surface area contributed by atoms with Gasteiger partial charge in [0, 0.05) is 12.1 Å². The molecule has 0 aliphatic heterocycles. The van der Waals surface area contributed by atoms with E-state index in [2.05, 4.69) is 6.58 Å². The molecule has 0 heterocycles. The molecule has 0 aliphatic carbocycles. The Morgan fingerprint density at radius 2 is 2.17 bits per heavy atom. The number of carbonyl (C=O) groups is 1. The highest BCUT2D eigenvalue weighted by Gasteiger charge is 2.11. The molecule has 0 fully saturated rings. The average Bonchev–Trinajstić information content (AvgIpc) is 1.84. The molecule has 0 radical (unpaired) electrons. The summed E-state index contributed by atoms with van der Waals surface area (Å²) >= 11 is 0. The fourth-order valence-electron chi connectivity index (χ4n) is 0.694. The molecule has 0 atom stereocenters. The highest BCUT2D eigenvalue weighted by Crippen LogP contribution is 1.99. The Labute approximate surface area is 69.3 Å². The molecule has 70 valence electrons. The summed E-state index contributed by atoms with van der Waals surface area (Å²) in [4.78, 5) is 11.4. The second-order valence-electron chi connectivity index (χ2n) is 2.50. The predicted molar refractivity (Wildman–Crippen MR) is 40.3 cm³/mol. The molecule has 12 heavy (non-hydrogen) atoms. The number of alkyl halides is 2. The van der Waals surface area contributed by atoms with Crippen LogP contribution in [0.2, 0.25) is 0 Å². The predicted octanol–water partition coefficient (Wildman–Crippen LogP) is 0.824. The van der Waals surface area contributed by atoms with E-state index in [1.165, 1.54) is 11.9 Å². The SMILES string of the molecule is C=C(CN(C)CC(F)F)C(=O)O. The number of likely N-dealkylation sites (N-methyl/N-ethyl adjacent to an activating group) is 1. The first-order chi connectivity index (χ1) is 5.43. The summed E-state index contributed by atoms with van der Waals surface area (Å²) in [6.07, 6.45) is -2.45. The van der Waals surface area contributed by atoms with Crippen molar-refractivity contribution in [3.63, 3.8) is 0 Å². The zero-order chi connectivity index (χ0) is 9.72. The number of rotatable bonds is 5. The minimum Gasteiger partial charge on any atom is -0.478 e. The molecular formula is C7H11F2NO2. The zero-order valence-corrected chi connectivity index (χ0v) is 6.76. The number of carboxylic acids is 1. The molecule has 0 unspecified atom stereocenters. The maximum atomic E-state index is 11.7. The Morgan fingerprint density at radius 1 is 1.67 bits per heavy atom. The first-order valence-corrected chi connectivity index (χ1v) is 3.31. The smallest absolute Gasteiger partial charge is 0.332 e. The molecule has 3 nitrogen and oxygen atoms in total. The maximum Gasteiger partial charge on any atom is 0.332 e. The molecule has 0 saturated heterocycles. The van der Waals surface area contributed by atoms with E-state index in [4.69, 9.17) is 5.11 Å². The first kappa shape index (κ1) is 11.0. The van der Waals surface area contributed by atoms with Crippen molar-refractivity contribution in [3.8, 4) is 0 Å². The lowest BCUT2D eigenvalue weighted by atomic mass is 10.3. The van der Waals surface area contributed by atoms with Crippen LogP contribution in [-0.4, -0.2) is 42.5 Å². The van der Waals surface area contributed by atoms with Crippen molar-refractivity contribution in [2.75, 3.05) is 20.1 Å². The van der Waals surface area contributed by atoms with Crippen molar-refractivity contribution in [2.24, 2.45) is 0 Å². The van der Waals surface area contributed by atoms with Crippen LogP contribution in [0, 0.1) is 0 Å². The van der Waals surface area contributed by atoms with Crippen LogP contribution in [-0.2, 0) is 4.79 Å². The Kier molecular flexibility index (Phi) is 4.43. The van der Waals surface area contributed by atoms with Gasteiger partial charge in [0.15, 0.2) is 0 Å². The number of nitrogens with zero attached hydrogens (tertiary/aromatic N) is 1. The lowest BCUT2D eigenvalue weighted by Crippen LogP contribution is -2.28. The summed E-state index contributed by atoms with van der Waals surface area (Å²) < 4.78 is 23.4. The molecular weight excluding hydrogens is 168 g/mol. The second kappa shape index (κ2) is 4.82. The normalized spacial score (nSPS) is 10.8. The summed E-state index contributed by atoms with van der Waals surface area (Å²) in [5.74, 6) is -1.16. The van der Waals surface area contributed by atoms with Gasteiger partial charge in [-0.3, -0.25) is 4.90 Å². The largest absolute Gasteiger partial charge is 0.478 e. The van der Waals surface area contributed by atoms with Crippen molar-refractivity contribution in [1.82, 2.24) is 4.90 Å². The van der Waals surface area contributed by atoms with E-state index in [1.807, 2.05) is 0 Å². The molecule has 0 spiro atoms. The number of hydrogen-bond donors (Lipinski definition) is 1. The fourth-order valence-corrected chi connectivity index (χ4v) is 0.694. The van der Waals surface area contributed by atoms with Crippen LogP contribution in [0.15, 0.2) is 12.2 Å². The van der Waals surface area contributed by atoms with Crippen molar-refractivity contribution >= 4 is 5.97 Å². The van der Waals surface area contributed by atoms with E-state index in [-0.39, 0.29) is 12.1 Å². The average molecular weight is 179 g/mol. The van der Waals surface area contributed by atoms with Gasteiger partial charge < -0.3 is 5.11 Å². The highest BCUT2D eigenvalue weighted by molar-refractivity contribution is 5.86. The number of halogens is 2. The molecule has 0 saturated carbocycles. The van der Waals surface area contributed by atoms with Gasteiger partial charge in [0.05, 0.1) is 6.54 Å². The minimum atomic E-state index is -2.45. The Balaban J connectivity index is 3.76. The number of aliphatic carboxylic acids is 1. The van der Waals surface area contributed by atoms with E-state index in [0.29, 0.717) is 0 Å². The van der Waals surface area contributed by atoms with E-state index in [9.17, 15) is 13.6 Å². The lowest BCUT2D eigenvalue weighted by Gasteiger charge is -2.15. The van der Waals surface area contributed by atoms with Crippen LogP contribution in [0.1, 0.15) is 0 Å².